The highest BCUT2D eigenvalue weighted by Crippen LogP contribution is 2.48. The lowest BCUT2D eigenvalue weighted by atomic mass is 9.65. The standard InChI is InChI=1S/C19H26O3/c1-4-7-18(16-5-6-17(20-3)15(2)14-16)8-10-19(11-9-18)21-12-13-22-19/h4-6,14H,1,7-13H2,2-3H3. The summed E-state index contributed by atoms with van der Waals surface area (Å²) in [6, 6.07) is 6.57. The number of benzene rings is 1. The van der Waals surface area contributed by atoms with Crippen molar-refractivity contribution in [2.75, 3.05) is 20.3 Å². The van der Waals surface area contributed by atoms with E-state index < -0.39 is 0 Å². The lowest BCUT2D eigenvalue weighted by molar-refractivity contribution is -0.185. The summed E-state index contributed by atoms with van der Waals surface area (Å²) in [5.74, 6) is 0.638. The van der Waals surface area contributed by atoms with Crippen LogP contribution in [0, 0.1) is 6.92 Å². The predicted octanol–water partition coefficient (Wildman–Crippen LogP) is 4.13. The molecule has 1 saturated heterocycles. The molecule has 1 aliphatic heterocycles. The maximum absolute atomic E-state index is 5.88. The van der Waals surface area contributed by atoms with Gasteiger partial charge in [-0.2, -0.15) is 0 Å². The van der Waals surface area contributed by atoms with E-state index in [0.29, 0.717) is 0 Å². The van der Waals surface area contributed by atoms with Crippen LogP contribution < -0.4 is 4.74 Å². The van der Waals surface area contributed by atoms with Crippen LogP contribution >= 0.6 is 0 Å². The van der Waals surface area contributed by atoms with Crippen molar-refractivity contribution in [1.29, 1.82) is 0 Å². The average molecular weight is 302 g/mol. The highest BCUT2D eigenvalue weighted by Gasteiger charge is 2.46. The minimum absolute atomic E-state index is 0.152. The normalized spacial score (nSPS) is 22.6. The fourth-order valence-corrected chi connectivity index (χ4v) is 3.99. The summed E-state index contributed by atoms with van der Waals surface area (Å²) in [6.07, 6.45) is 7.12. The SMILES string of the molecule is C=CCC1(c2ccc(OC)c(C)c2)CCC2(CC1)OCCO2. The van der Waals surface area contributed by atoms with Gasteiger partial charge < -0.3 is 14.2 Å². The molecule has 0 N–H and O–H groups in total. The lowest BCUT2D eigenvalue weighted by Gasteiger charge is -2.44. The molecule has 3 rings (SSSR count). The summed E-state index contributed by atoms with van der Waals surface area (Å²) in [5.41, 5.74) is 2.73. The Morgan fingerprint density at radius 3 is 2.41 bits per heavy atom. The van der Waals surface area contributed by atoms with Crippen LogP contribution in [0.2, 0.25) is 0 Å². The predicted molar refractivity (Wildman–Crippen MR) is 87.3 cm³/mol. The molecule has 22 heavy (non-hydrogen) atoms. The number of ether oxygens (including phenoxy) is 3. The van der Waals surface area contributed by atoms with Crippen molar-refractivity contribution in [1.82, 2.24) is 0 Å². The second-order valence-electron chi connectivity index (χ2n) is 6.57. The van der Waals surface area contributed by atoms with Gasteiger partial charge in [0.2, 0.25) is 0 Å². The topological polar surface area (TPSA) is 27.7 Å². The Morgan fingerprint density at radius 2 is 1.86 bits per heavy atom. The first kappa shape index (κ1) is 15.6. The van der Waals surface area contributed by atoms with Crippen molar-refractivity contribution < 1.29 is 14.2 Å². The second-order valence-corrected chi connectivity index (χ2v) is 6.57. The molecule has 0 amide bonds. The third kappa shape index (κ3) is 2.68. The molecule has 0 radical (unpaired) electrons. The van der Waals surface area contributed by atoms with Crippen molar-refractivity contribution in [2.45, 2.75) is 50.2 Å². The van der Waals surface area contributed by atoms with Gasteiger partial charge in [-0.15, -0.1) is 6.58 Å². The molecule has 0 aromatic heterocycles. The molecule has 0 unspecified atom stereocenters. The average Bonchev–Trinajstić information content (AvgIpc) is 2.99. The Hall–Kier alpha value is -1.32. The molecule has 0 atom stereocenters. The molecule has 2 aliphatic rings. The van der Waals surface area contributed by atoms with Crippen molar-refractivity contribution in [3.63, 3.8) is 0 Å². The van der Waals surface area contributed by atoms with Crippen molar-refractivity contribution in [3.8, 4) is 5.75 Å². The molecule has 3 heteroatoms. The maximum Gasteiger partial charge on any atom is 0.168 e. The summed E-state index contributed by atoms with van der Waals surface area (Å²) in [6.45, 7) is 7.56. The van der Waals surface area contributed by atoms with Crippen LogP contribution in [-0.4, -0.2) is 26.1 Å². The first-order chi connectivity index (χ1) is 10.6. The lowest BCUT2D eigenvalue weighted by Crippen LogP contribution is -2.42. The Morgan fingerprint density at radius 1 is 1.18 bits per heavy atom. The number of hydrogen-bond donors (Lipinski definition) is 0. The summed E-state index contributed by atoms with van der Waals surface area (Å²) in [4.78, 5) is 0. The maximum atomic E-state index is 5.88. The van der Waals surface area contributed by atoms with E-state index in [1.54, 1.807) is 7.11 Å². The molecule has 1 aromatic carbocycles. The zero-order chi connectivity index (χ0) is 15.6. The summed E-state index contributed by atoms with van der Waals surface area (Å²) >= 11 is 0. The van der Waals surface area contributed by atoms with E-state index in [1.165, 1.54) is 11.1 Å². The van der Waals surface area contributed by atoms with Gasteiger partial charge in [0.1, 0.15) is 5.75 Å². The largest absolute Gasteiger partial charge is 0.496 e. The minimum Gasteiger partial charge on any atom is -0.496 e. The monoisotopic (exact) mass is 302 g/mol. The third-order valence-electron chi connectivity index (χ3n) is 5.32. The molecule has 1 saturated carbocycles. The number of aryl methyl sites for hydroxylation is 1. The Kier molecular flexibility index (Phi) is 4.28. The first-order valence-corrected chi connectivity index (χ1v) is 8.17. The molecule has 0 bridgehead atoms. The van der Waals surface area contributed by atoms with Crippen LogP contribution in [0.5, 0.6) is 5.75 Å². The Bertz CT molecular complexity index is 534. The van der Waals surface area contributed by atoms with Crippen LogP contribution in [-0.2, 0) is 14.9 Å². The van der Waals surface area contributed by atoms with Gasteiger partial charge in [-0.3, -0.25) is 0 Å². The zero-order valence-electron chi connectivity index (χ0n) is 13.7. The molecular formula is C19H26O3. The van der Waals surface area contributed by atoms with Crippen molar-refractivity contribution >= 4 is 0 Å². The first-order valence-electron chi connectivity index (χ1n) is 8.17. The zero-order valence-corrected chi connectivity index (χ0v) is 13.7. The molecule has 3 nitrogen and oxygen atoms in total. The molecule has 1 spiro atoms. The quantitative estimate of drug-likeness (QED) is 0.783. The van der Waals surface area contributed by atoms with E-state index in [1.807, 2.05) is 6.08 Å². The number of methoxy groups -OCH3 is 1. The minimum atomic E-state index is -0.313. The van der Waals surface area contributed by atoms with Gasteiger partial charge in [0.05, 0.1) is 20.3 Å². The van der Waals surface area contributed by atoms with Crippen LogP contribution in [0.1, 0.15) is 43.2 Å². The van der Waals surface area contributed by atoms with Gasteiger partial charge in [0, 0.05) is 12.8 Å². The Labute approximate surface area is 133 Å². The van der Waals surface area contributed by atoms with Crippen molar-refractivity contribution in [2.24, 2.45) is 0 Å². The fourth-order valence-electron chi connectivity index (χ4n) is 3.99. The number of hydrogen-bond acceptors (Lipinski definition) is 3. The van der Waals surface area contributed by atoms with Gasteiger partial charge in [-0.1, -0.05) is 18.2 Å². The number of rotatable bonds is 4. The molecule has 1 heterocycles. The summed E-state index contributed by atoms with van der Waals surface area (Å²) in [5, 5.41) is 0. The van der Waals surface area contributed by atoms with Crippen LogP contribution in [0.15, 0.2) is 30.9 Å². The van der Waals surface area contributed by atoms with Crippen LogP contribution in [0.25, 0.3) is 0 Å². The van der Waals surface area contributed by atoms with E-state index in [2.05, 4.69) is 31.7 Å². The smallest absolute Gasteiger partial charge is 0.168 e. The van der Waals surface area contributed by atoms with Crippen LogP contribution in [0.3, 0.4) is 0 Å². The highest BCUT2D eigenvalue weighted by atomic mass is 16.7. The van der Waals surface area contributed by atoms with Gasteiger partial charge in [-0.25, -0.2) is 0 Å². The van der Waals surface area contributed by atoms with E-state index in [9.17, 15) is 0 Å². The van der Waals surface area contributed by atoms with E-state index in [-0.39, 0.29) is 11.2 Å². The van der Waals surface area contributed by atoms with Gasteiger partial charge in [0.25, 0.3) is 0 Å². The van der Waals surface area contributed by atoms with E-state index >= 15 is 0 Å². The molecule has 120 valence electrons. The highest BCUT2D eigenvalue weighted by molar-refractivity contribution is 5.40. The summed E-state index contributed by atoms with van der Waals surface area (Å²) < 4.78 is 17.2. The van der Waals surface area contributed by atoms with Crippen LogP contribution in [0.4, 0.5) is 0 Å². The van der Waals surface area contributed by atoms with Gasteiger partial charge in [0.15, 0.2) is 5.79 Å². The number of allylic oxidation sites excluding steroid dienone is 1. The third-order valence-corrected chi connectivity index (χ3v) is 5.32. The second kappa shape index (κ2) is 6.05. The summed E-state index contributed by atoms with van der Waals surface area (Å²) in [7, 11) is 1.72. The molecular weight excluding hydrogens is 276 g/mol. The van der Waals surface area contributed by atoms with Gasteiger partial charge in [-0.05, 0) is 48.8 Å². The van der Waals surface area contributed by atoms with Gasteiger partial charge >= 0.3 is 0 Å². The molecule has 1 aliphatic carbocycles. The molecule has 1 aromatic rings. The van der Waals surface area contributed by atoms with E-state index in [4.69, 9.17) is 14.2 Å². The molecule has 2 fully saturated rings. The Balaban J connectivity index is 1.86. The van der Waals surface area contributed by atoms with E-state index in [0.717, 1.165) is 51.1 Å². The van der Waals surface area contributed by atoms with Crippen molar-refractivity contribution in [3.05, 3.63) is 42.0 Å². The fraction of sp³-hybridized carbons (Fsp3) is 0.579.